The first kappa shape index (κ1) is 16.9. The number of para-hydroxylation sites is 2. The van der Waals surface area contributed by atoms with Crippen molar-refractivity contribution < 1.29 is 9.84 Å². The van der Waals surface area contributed by atoms with Crippen molar-refractivity contribution in [2.75, 3.05) is 44.7 Å². The molecule has 1 aliphatic heterocycles. The van der Waals surface area contributed by atoms with Crippen LogP contribution in [0.3, 0.4) is 0 Å². The average Bonchev–Trinajstić information content (AvgIpc) is 2.94. The molecule has 0 radical (unpaired) electrons. The van der Waals surface area contributed by atoms with Gasteiger partial charge in [-0.15, -0.1) is 0 Å². The van der Waals surface area contributed by atoms with Crippen molar-refractivity contribution in [1.29, 1.82) is 0 Å². The fraction of sp³-hybridized carbons (Fsp3) is 0.471. The van der Waals surface area contributed by atoms with Crippen LogP contribution in [0.2, 0.25) is 0 Å². The molecule has 0 saturated carbocycles. The molecule has 1 fully saturated rings. The number of aromatic nitrogens is 1. The summed E-state index contributed by atoms with van der Waals surface area (Å²) in [7, 11) is 1.71. The summed E-state index contributed by atoms with van der Waals surface area (Å²) in [5, 5.41) is 11.1. The monoisotopic (exact) mass is 349 g/mol. The lowest BCUT2D eigenvalue weighted by Gasteiger charge is -2.36. The van der Waals surface area contributed by atoms with Crippen LogP contribution < -0.4 is 14.5 Å². The highest BCUT2D eigenvalue weighted by atomic mass is 32.1. The number of aromatic hydroxyl groups is 1. The van der Waals surface area contributed by atoms with Crippen molar-refractivity contribution in [3.8, 4) is 11.6 Å². The molecule has 2 aromatic rings. The van der Waals surface area contributed by atoms with Crippen molar-refractivity contribution in [2.45, 2.75) is 13.0 Å². The van der Waals surface area contributed by atoms with E-state index in [2.05, 4.69) is 15.9 Å². The van der Waals surface area contributed by atoms with E-state index < -0.39 is 0 Å². The van der Waals surface area contributed by atoms with Crippen LogP contribution in [-0.4, -0.2) is 54.4 Å². The molecule has 1 saturated heterocycles. The fourth-order valence-corrected chi connectivity index (χ4v) is 3.73. The van der Waals surface area contributed by atoms with Crippen molar-refractivity contribution in [1.82, 2.24) is 9.47 Å². The standard InChI is InChI=1S/C17H23N3O3S/c1-23-15-6-3-2-5-14(15)19-11-9-18(10-12-19)7-4-8-20-16(21)13-24-17(20)22/h2-3,5-6,13,21H,4,7-12H2,1H3. The minimum Gasteiger partial charge on any atom is -0.495 e. The highest BCUT2D eigenvalue weighted by Crippen LogP contribution is 2.28. The number of nitrogens with zero attached hydrogens (tertiary/aromatic N) is 3. The van der Waals surface area contributed by atoms with E-state index in [4.69, 9.17) is 4.74 Å². The topological polar surface area (TPSA) is 57.9 Å². The van der Waals surface area contributed by atoms with Gasteiger partial charge in [0.05, 0.1) is 18.2 Å². The summed E-state index contributed by atoms with van der Waals surface area (Å²) in [5.74, 6) is 0.990. The lowest BCUT2D eigenvalue weighted by atomic mass is 10.2. The van der Waals surface area contributed by atoms with Crippen LogP contribution in [0, 0.1) is 0 Å². The van der Waals surface area contributed by atoms with E-state index in [1.165, 1.54) is 9.95 Å². The molecule has 2 heterocycles. The number of anilines is 1. The molecule has 1 aromatic carbocycles. The Bertz CT molecular complexity index is 720. The zero-order valence-electron chi connectivity index (χ0n) is 13.9. The highest BCUT2D eigenvalue weighted by molar-refractivity contribution is 7.07. The molecule has 130 valence electrons. The Balaban J connectivity index is 1.48. The van der Waals surface area contributed by atoms with E-state index in [0.29, 0.717) is 6.54 Å². The number of piperazine rings is 1. The van der Waals surface area contributed by atoms with Gasteiger partial charge in [0.2, 0.25) is 5.88 Å². The molecule has 3 rings (SSSR count). The largest absolute Gasteiger partial charge is 0.495 e. The fourth-order valence-electron chi connectivity index (χ4n) is 3.09. The number of thiazole rings is 1. The summed E-state index contributed by atoms with van der Waals surface area (Å²) in [5.41, 5.74) is 1.15. The van der Waals surface area contributed by atoms with Crippen LogP contribution in [0.4, 0.5) is 5.69 Å². The van der Waals surface area contributed by atoms with Gasteiger partial charge in [0, 0.05) is 32.7 Å². The molecule has 1 aliphatic rings. The maximum Gasteiger partial charge on any atom is 0.309 e. The Hall–Kier alpha value is -1.99. The maximum atomic E-state index is 11.6. The number of ether oxygens (including phenoxy) is 1. The predicted octanol–water partition coefficient (Wildman–Crippen LogP) is 1.84. The van der Waals surface area contributed by atoms with Crippen molar-refractivity contribution in [3.63, 3.8) is 0 Å². The van der Waals surface area contributed by atoms with E-state index in [9.17, 15) is 9.90 Å². The van der Waals surface area contributed by atoms with E-state index in [1.54, 1.807) is 7.11 Å². The van der Waals surface area contributed by atoms with E-state index in [1.807, 2.05) is 18.2 Å². The lowest BCUT2D eigenvalue weighted by molar-refractivity contribution is 0.248. The van der Waals surface area contributed by atoms with Crippen LogP contribution >= 0.6 is 11.3 Å². The second-order valence-electron chi connectivity index (χ2n) is 5.87. The molecule has 7 heteroatoms. The van der Waals surface area contributed by atoms with Gasteiger partial charge in [0.15, 0.2) is 0 Å². The summed E-state index contributed by atoms with van der Waals surface area (Å²) in [6, 6.07) is 8.11. The summed E-state index contributed by atoms with van der Waals surface area (Å²) in [6.07, 6.45) is 0.860. The molecule has 1 aromatic heterocycles. The molecule has 0 spiro atoms. The first-order valence-electron chi connectivity index (χ1n) is 8.16. The summed E-state index contributed by atoms with van der Waals surface area (Å²) >= 11 is 1.04. The SMILES string of the molecule is COc1ccccc1N1CCN(CCCn2c(O)csc2=O)CC1. The third-order valence-electron chi connectivity index (χ3n) is 4.42. The van der Waals surface area contributed by atoms with Crippen LogP contribution in [-0.2, 0) is 6.54 Å². The molecule has 6 nitrogen and oxygen atoms in total. The first-order chi connectivity index (χ1) is 11.7. The predicted molar refractivity (Wildman–Crippen MR) is 96.5 cm³/mol. The molecule has 0 aliphatic carbocycles. The molecule has 0 amide bonds. The van der Waals surface area contributed by atoms with Gasteiger partial charge in [-0.2, -0.15) is 0 Å². The van der Waals surface area contributed by atoms with Gasteiger partial charge in [0.1, 0.15) is 5.75 Å². The van der Waals surface area contributed by atoms with Crippen molar-refractivity contribution in [3.05, 3.63) is 39.3 Å². The maximum absolute atomic E-state index is 11.6. The van der Waals surface area contributed by atoms with Crippen LogP contribution in [0.5, 0.6) is 11.6 Å². The summed E-state index contributed by atoms with van der Waals surface area (Å²) < 4.78 is 6.88. The van der Waals surface area contributed by atoms with E-state index in [0.717, 1.165) is 61.9 Å². The van der Waals surface area contributed by atoms with Gasteiger partial charge in [0.25, 0.3) is 0 Å². The summed E-state index contributed by atoms with van der Waals surface area (Å²) in [4.78, 5) is 16.2. The quantitative estimate of drug-likeness (QED) is 0.862. The number of methoxy groups -OCH3 is 1. The number of hydrogen-bond acceptors (Lipinski definition) is 6. The van der Waals surface area contributed by atoms with Crippen LogP contribution in [0.1, 0.15) is 6.42 Å². The Kier molecular flexibility index (Phi) is 5.42. The normalized spacial score (nSPS) is 15.6. The number of hydrogen-bond donors (Lipinski definition) is 1. The molecule has 0 bridgehead atoms. The average molecular weight is 349 g/mol. The summed E-state index contributed by atoms with van der Waals surface area (Å²) in [6.45, 7) is 5.40. The third-order valence-corrected chi connectivity index (χ3v) is 5.17. The van der Waals surface area contributed by atoms with Crippen LogP contribution in [0.15, 0.2) is 34.4 Å². The van der Waals surface area contributed by atoms with Gasteiger partial charge >= 0.3 is 4.87 Å². The van der Waals surface area contributed by atoms with Crippen molar-refractivity contribution in [2.24, 2.45) is 0 Å². The zero-order valence-corrected chi connectivity index (χ0v) is 14.7. The smallest absolute Gasteiger partial charge is 0.309 e. The molecule has 0 unspecified atom stereocenters. The molecule has 0 atom stereocenters. The van der Waals surface area contributed by atoms with E-state index >= 15 is 0 Å². The van der Waals surface area contributed by atoms with Crippen LogP contribution in [0.25, 0.3) is 0 Å². The number of rotatable bonds is 6. The third kappa shape index (κ3) is 3.73. The minimum atomic E-state index is -0.0894. The molecule has 24 heavy (non-hydrogen) atoms. The second-order valence-corrected chi connectivity index (χ2v) is 6.69. The van der Waals surface area contributed by atoms with Gasteiger partial charge < -0.3 is 14.7 Å². The first-order valence-corrected chi connectivity index (χ1v) is 9.04. The Labute approximate surface area is 145 Å². The molecule has 1 N–H and O–H groups in total. The Morgan fingerprint density at radius 1 is 1.17 bits per heavy atom. The molecular weight excluding hydrogens is 326 g/mol. The van der Waals surface area contributed by atoms with Gasteiger partial charge in [-0.1, -0.05) is 23.5 Å². The lowest BCUT2D eigenvalue weighted by Crippen LogP contribution is -2.46. The Morgan fingerprint density at radius 2 is 1.92 bits per heavy atom. The minimum absolute atomic E-state index is 0.0750. The van der Waals surface area contributed by atoms with E-state index in [-0.39, 0.29) is 10.8 Å². The van der Waals surface area contributed by atoms with Gasteiger partial charge in [-0.3, -0.25) is 14.3 Å². The van der Waals surface area contributed by atoms with Gasteiger partial charge in [-0.25, -0.2) is 0 Å². The van der Waals surface area contributed by atoms with Crippen molar-refractivity contribution >= 4 is 17.0 Å². The second kappa shape index (κ2) is 7.72. The van der Waals surface area contributed by atoms with Gasteiger partial charge in [-0.05, 0) is 25.1 Å². The Morgan fingerprint density at radius 3 is 2.58 bits per heavy atom. The number of benzene rings is 1. The zero-order chi connectivity index (χ0) is 16.9. The highest BCUT2D eigenvalue weighted by Gasteiger charge is 2.19. The molecular formula is C17H23N3O3S.